The molecule has 0 aliphatic carbocycles. The van der Waals surface area contributed by atoms with E-state index in [4.69, 9.17) is 9.47 Å². The van der Waals surface area contributed by atoms with Crippen molar-refractivity contribution in [2.24, 2.45) is 0 Å². The Morgan fingerprint density at radius 2 is 1.47 bits per heavy atom. The number of rotatable bonds is 7. The van der Waals surface area contributed by atoms with E-state index in [9.17, 15) is 14.0 Å². The molecule has 3 aromatic rings. The molecule has 2 N–H and O–H groups in total. The number of nitrogens with one attached hydrogen (secondary N) is 2. The Bertz CT molecular complexity index is 1050. The Morgan fingerprint density at radius 3 is 2.10 bits per heavy atom. The summed E-state index contributed by atoms with van der Waals surface area (Å²) in [5.74, 6) is -0.190. The summed E-state index contributed by atoms with van der Waals surface area (Å²) in [6.07, 6.45) is 0.159. The van der Waals surface area contributed by atoms with Gasteiger partial charge in [0.25, 0.3) is 5.91 Å². The normalized spacial score (nSPS) is 10.2. The minimum Gasteiger partial charge on any atom is -0.493 e. The highest BCUT2D eigenvalue weighted by atomic mass is 19.1. The molecule has 0 aromatic heterocycles. The van der Waals surface area contributed by atoms with Crippen LogP contribution in [0.25, 0.3) is 0 Å². The van der Waals surface area contributed by atoms with Gasteiger partial charge in [0.05, 0.1) is 26.2 Å². The third-order valence-electron chi connectivity index (χ3n) is 4.36. The topological polar surface area (TPSA) is 76.7 Å². The largest absolute Gasteiger partial charge is 0.493 e. The first-order valence-corrected chi connectivity index (χ1v) is 9.17. The van der Waals surface area contributed by atoms with Gasteiger partial charge in [-0.2, -0.15) is 0 Å². The SMILES string of the molecule is COc1ccc(CC(=O)Nc2ccc(NC(=O)c3ccccc3F)cc2)cc1OC. The third kappa shape index (κ3) is 5.14. The van der Waals surface area contributed by atoms with Gasteiger partial charge < -0.3 is 20.1 Å². The van der Waals surface area contributed by atoms with Crippen LogP contribution in [0.5, 0.6) is 11.5 Å². The molecule has 3 aromatic carbocycles. The third-order valence-corrected chi connectivity index (χ3v) is 4.36. The van der Waals surface area contributed by atoms with Crippen LogP contribution in [0.3, 0.4) is 0 Å². The van der Waals surface area contributed by atoms with Crippen LogP contribution < -0.4 is 20.1 Å². The molecule has 30 heavy (non-hydrogen) atoms. The average Bonchev–Trinajstić information content (AvgIpc) is 2.75. The summed E-state index contributed by atoms with van der Waals surface area (Å²) in [6.45, 7) is 0. The van der Waals surface area contributed by atoms with Crippen molar-refractivity contribution in [3.63, 3.8) is 0 Å². The lowest BCUT2D eigenvalue weighted by Crippen LogP contribution is -2.15. The maximum atomic E-state index is 13.7. The molecule has 7 heteroatoms. The van der Waals surface area contributed by atoms with Gasteiger partial charge in [0.1, 0.15) is 5.82 Å². The molecule has 0 aliphatic rings. The second-order valence-electron chi connectivity index (χ2n) is 6.43. The van der Waals surface area contributed by atoms with Crippen LogP contribution in [-0.2, 0) is 11.2 Å². The minimum atomic E-state index is -0.589. The minimum absolute atomic E-state index is 0.0372. The van der Waals surface area contributed by atoms with Crippen molar-refractivity contribution in [2.45, 2.75) is 6.42 Å². The summed E-state index contributed by atoms with van der Waals surface area (Å²) in [5.41, 5.74) is 1.80. The van der Waals surface area contributed by atoms with E-state index < -0.39 is 11.7 Å². The Kier molecular flexibility index (Phi) is 6.64. The van der Waals surface area contributed by atoms with Crippen LogP contribution >= 0.6 is 0 Å². The number of carbonyl (C=O) groups excluding carboxylic acids is 2. The Balaban J connectivity index is 1.59. The lowest BCUT2D eigenvalue weighted by atomic mass is 10.1. The fourth-order valence-corrected chi connectivity index (χ4v) is 2.86. The van der Waals surface area contributed by atoms with Gasteiger partial charge in [-0.05, 0) is 54.1 Å². The summed E-state index contributed by atoms with van der Waals surface area (Å²) in [5, 5.41) is 5.42. The maximum Gasteiger partial charge on any atom is 0.258 e. The standard InChI is InChI=1S/C23H21FN2O4/c1-29-20-12-7-15(13-21(20)30-2)14-22(27)25-16-8-10-17(11-9-16)26-23(28)18-5-3-4-6-19(18)24/h3-13H,14H2,1-2H3,(H,25,27)(H,26,28). The molecule has 0 spiro atoms. The Morgan fingerprint density at radius 1 is 0.833 bits per heavy atom. The summed E-state index contributed by atoms with van der Waals surface area (Å²) < 4.78 is 24.1. The van der Waals surface area contributed by atoms with Crippen molar-refractivity contribution in [3.05, 3.63) is 83.7 Å². The second kappa shape index (κ2) is 9.56. The zero-order valence-corrected chi connectivity index (χ0v) is 16.6. The van der Waals surface area contributed by atoms with E-state index in [0.717, 1.165) is 5.56 Å². The van der Waals surface area contributed by atoms with E-state index >= 15 is 0 Å². The number of benzene rings is 3. The fourth-order valence-electron chi connectivity index (χ4n) is 2.86. The number of methoxy groups -OCH3 is 2. The first-order chi connectivity index (χ1) is 14.5. The number of hydrogen-bond donors (Lipinski definition) is 2. The first-order valence-electron chi connectivity index (χ1n) is 9.17. The highest BCUT2D eigenvalue weighted by Gasteiger charge is 2.12. The molecule has 0 fully saturated rings. The molecular formula is C23H21FN2O4. The molecule has 0 unspecified atom stereocenters. The van der Waals surface area contributed by atoms with Crippen molar-refractivity contribution < 1.29 is 23.5 Å². The smallest absolute Gasteiger partial charge is 0.258 e. The van der Waals surface area contributed by atoms with Crippen molar-refractivity contribution in [1.82, 2.24) is 0 Å². The summed E-state index contributed by atoms with van der Waals surface area (Å²) in [7, 11) is 3.08. The van der Waals surface area contributed by atoms with Gasteiger partial charge in [0.2, 0.25) is 5.91 Å². The molecule has 6 nitrogen and oxygen atoms in total. The van der Waals surface area contributed by atoms with Crippen molar-refractivity contribution in [2.75, 3.05) is 24.9 Å². The number of amides is 2. The lowest BCUT2D eigenvalue weighted by Gasteiger charge is -2.10. The van der Waals surface area contributed by atoms with Gasteiger partial charge >= 0.3 is 0 Å². The van der Waals surface area contributed by atoms with Crippen molar-refractivity contribution >= 4 is 23.2 Å². The molecule has 0 saturated heterocycles. The van der Waals surface area contributed by atoms with Gasteiger partial charge in [-0.3, -0.25) is 9.59 Å². The summed E-state index contributed by atoms with van der Waals surface area (Å²) in [6, 6.07) is 17.6. The lowest BCUT2D eigenvalue weighted by molar-refractivity contribution is -0.115. The van der Waals surface area contributed by atoms with Gasteiger partial charge in [0.15, 0.2) is 11.5 Å². The van der Waals surface area contributed by atoms with E-state index in [1.54, 1.807) is 55.6 Å². The fraction of sp³-hybridized carbons (Fsp3) is 0.130. The molecule has 0 heterocycles. The quantitative estimate of drug-likeness (QED) is 0.612. The molecular weight excluding hydrogens is 387 g/mol. The molecule has 3 rings (SSSR count). The number of hydrogen-bond acceptors (Lipinski definition) is 4. The average molecular weight is 408 g/mol. The van der Waals surface area contributed by atoms with Crippen LogP contribution in [0, 0.1) is 5.82 Å². The predicted molar refractivity (Wildman–Crippen MR) is 113 cm³/mol. The number of carbonyl (C=O) groups is 2. The van der Waals surface area contributed by atoms with Crippen LogP contribution in [0.2, 0.25) is 0 Å². The molecule has 0 bridgehead atoms. The summed E-state index contributed by atoms with van der Waals surface area (Å²) >= 11 is 0. The van der Waals surface area contributed by atoms with Crippen molar-refractivity contribution in [3.8, 4) is 11.5 Å². The van der Waals surface area contributed by atoms with E-state index in [1.807, 2.05) is 0 Å². The van der Waals surface area contributed by atoms with E-state index in [-0.39, 0.29) is 17.9 Å². The molecule has 0 atom stereocenters. The first kappa shape index (κ1) is 20.9. The molecule has 0 saturated carbocycles. The Hall–Kier alpha value is -3.87. The molecule has 0 aliphatic heterocycles. The number of ether oxygens (including phenoxy) is 2. The van der Waals surface area contributed by atoms with Crippen LogP contribution in [-0.4, -0.2) is 26.0 Å². The van der Waals surface area contributed by atoms with Crippen LogP contribution in [0.1, 0.15) is 15.9 Å². The van der Waals surface area contributed by atoms with Gasteiger partial charge in [-0.1, -0.05) is 18.2 Å². The highest BCUT2D eigenvalue weighted by molar-refractivity contribution is 6.04. The van der Waals surface area contributed by atoms with Crippen LogP contribution in [0.15, 0.2) is 66.7 Å². The second-order valence-corrected chi connectivity index (χ2v) is 6.43. The maximum absolute atomic E-state index is 13.7. The van der Waals surface area contributed by atoms with Gasteiger partial charge in [-0.15, -0.1) is 0 Å². The molecule has 2 amide bonds. The molecule has 154 valence electrons. The number of anilines is 2. The van der Waals surface area contributed by atoms with Gasteiger partial charge in [-0.25, -0.2) is 4.39 Å². The molecule has 0 radical (unpaired) electrons. The van der Waals surface area contributed by atoms with E-state index in [1.165, 1.54) is 25.3 Å². The van der Waals surface area contributed by atoms with Gasteiger partial charge in [0, 0.05) is 11.4 Å². The highest BCUT2D eigenvalue weighted by Crippen LogP contribution is 2.27. The zero-order valence-electron chi connectivity index (χ0n) is 16.6. The summed E-state index contributed by atoms with van der Waals surface area (Å²) in [4.78, 5) is 24.5. The monoisotopic (exact) mass is 408 g/mol. The van der Waals surface area contributed by atoms with E-state index in [0.29, 0.717) is 22.9 Å². The van der Waals surface area contributed by atoms with Crippen LogP contribution in [0.4, 0.5) is 15.8 Å². The predicted octanol–water partition coefficient (Wildman–Crippen LogP) is 4.28. The van der Waals surface area contributed by atoms with Crippen molar-refractivity contribution in [1.29, 1.82) is 0 Å². The van der Waals surface area contributed by atoms with E-state index in [2.05, 4.69) is 10.6 Å². The Labute approximate surface area is 173 Å². The number of halogens is 1. The zero-order chi connectivity index (χ0) is 21.5.